The van der Waals surface area contributed by atoms with Crippen molar-refractivity contribution in [3.63, 3.8) is 0 Å². The minimum atomic E-state index is 0.454. The molecule has 0 fully saturated rings. The molecule has 0 aliphatic rings. The van der Waals surface area contributed by atoms with Crippen molar-refractivity contribution in [3.8, 4) is 0 Å². The molecule has 0 amide bonds. The molecule has 0 aliphatic heterocycles. The van der Waals surface area contributed by atoms with E-state index in [1.807, 2.05) is 0 Å². The highest BCUT2D eigenvalue weighted by molar-refractivity contribution is 5.16. The van der Waals surface area contributed by atoms with E-state index in [-0.39, 0.29) is 0 Å². The lowest BCUT2D eigenvalue weighted by molar-refractivity contribution is 0.329. The summed E-state index contributed by atoms with van der Waals surface area (Å²) < 4.78 is 0. The van der Waals surface area contributed by atoms with Gasteiger partial charge in [0.05, 0.1) is 0 Å². The molecule has 0 spiro atoms. The van der Waals surface area contributed by atoms with Crippen LogP contribution in [0.4, 0.5) is 0 Å². The summed E-state index contributed by atoms with van der Waals surface area (Å²) in [6, 6.07) is 10.8. The van der Waals surface area contributed by atoms with E-state index in [1.165, 1.54) is 24.8 Å². The molecule has 72 valence electrons. The lowest BCUT2D eigenvalue weighted by atomic mass is 9.82. The highest BCUT2D eigenvalue weighted by Gasteiger charge is 2.16. The largest absolute Gasteiger partial charge is 0.0654 e. The fourth-order valence-corrected chi connectivity index (χ4v) is 1.91. The fraction of sp³-hybridized carbons (Fsp3) is 0.538. The summed E-state index contributed by atoms with van der Waals surface area (Å²) >= 11 is 0. The van der Waals surface area contributed by atoms with Crippen molar-refractivity contribution < 1.29 is 0 Å². The quantitative estimate of drug-likeness (QED) is 0.649. The van der Waals surface area contributed by atoms with E-state index < -0.39 is 0 Å². The molecule has 1 rings (SSSR count). The SMILES string of the molecule is CCCC(C)(C)Cc1ccccc1. The highest BCUT2D eigenvalue weighted by Crippen LogP contribution is 2.26. The average molecular weight is 176 g/mol. The van der Waals surface area contributed by atoms with E-state index in [0.717, 1.165) is 0 Å². The van der Waals surface area contributed by atoms with Crippen LogP contribution in [-0.2, 0) is 6.42 Å². The van der Waals surface area contributed by atoms with Crippen molar-refractivity contribution in [2.75, 3.05) is 0 Å². The zero-order valence-corrected chi connectivity index (χ0v) is 9.01. The number of benzene rings is 1. The minimum Gasteiger partial charge on any atom is -0.0654 e. The molecule has 0 atom stereocenters. The van der Waals surface area contributed by atoms with Crippen LogP contribution in [0, 0.1) is 5.41 Å². The summed E-state index contributed by atoms with van der Waals surface area (Å²) in [6.07, 6.45) is 3.78. The molecule has 0 saturated heterocycles. The van der Waals surface area contributed by atoms with Gasteiger partial charge in [-0.3, -0.25) is 0 Å². The molecule has 0 N–H and O–H groups in total. The van der Waals surface area contributed by atoms with Crippen molar-refractivity contribution in [2.45, 2.75) is 40.0 Å². The summed E-state index contributed by atoms with van der Waals surface area (Å²) in [5, 5.41) is 0. The Labute approximate surface area is 82.0 Å². The van der Waals surface area contributed by atoms with Gasteiger partial charge in [-0.25, -0.2) is 0 Å². The predicted molar refractivity (Wildman–Crippen MR) is 58.8 cm³/mol. The molecule has 1 aromatic rings. The predicted octanol–water partition coefficient (Wildman–Crippen LogP) is 4.06. The lowest BCUT2D eigenvalue weighted by Gasteiger charge is -2.23. The molecule has 0 saturated carbocycles. The summed E-state index contributed by atoms with van der Waals surface area (Å²) in [5.41, 5.74) is 1.91. The summed E-state index contributed by atoms with van der Waals surface area (Å²) in [4.78, 5) is 0. The zero-order chi connectivity index (χ0) is 9.73. The van der Waals surface area contributed by atoms with Gasteiger partial charge in [-0.15, -0.1) is 0 Å². The van der Waals surface area contributed by atoms with Crippen LogP contribution in [0.2, 0.25) is 0 Å². The van der Waals surface area contributed by atoms with Crippen molar-refractivity contribution in [1.29, 1.82) is 0 Å². The average Bonchev–Trinajstić information content (AvgIpc) is 2.04. The Morgan fingerprint density at radius 3 is 2.23 bits per heavy atom. The molecule has 0 aliphatic carbocycles. The standard InChI is InChI=1S/C13H20/c1-4-10-13(2,3)11-12-8-6-5-7-9-12/h5-9H,4,10-11H2,1-3H3. The summed E-state index contributed by atoms with van der Waals surface area (Å²) in [7, 11) is 0. The van der Waals surface area contributed by atoms with Crippen molar-refractivity contribution in [3.05, 3.63) is 35.9 Å². The second kappa shape index (κ2) is 4.45. The van der Waals surface area contributed by atoms with Crippen LogP contribution in [0.5, 0.6) is 0 Å². The van der Waals surface area contributed by atoms with Crippen molar-refractivity contribution in [1.82, 2.24) is 0 Å². The van der Waals surface area contributed by atoms with Crippen molar-refractivity contribution in [2.24, 2.45) is 5.41 Å². The maximum Gasteiger partial charge on any atom is -0.0227 e. The third-order valence-corrected chi connectivity index (χ3v) is 2.45. The van der Waals surface area contributed by atoms with Crippen LogP contribution in [-0.4, -0.2) is 0 Å². The topological polar surface area (TPSA) is 0 Å². The van der Waals surface area contributed by atoms with E-state index in [0.29, 0.717) is 5.41 Å². The summed E-state index contributed by atoms with van der Waals surface area (Å²) in [6.45, 7) is 6.96. The normalized spacial score (nSPS) is 11.6. The number of rotatable bonds is 4. The molecule has 0 radical (unpaired) electrons. The Bertz CT molecular complexity index is 233. The van der Waals surface area contributed by atoms with Crippen molar-refractivity contribution >= 4 is 0 Å². The van der Waals surface area contributed by atoms with E-state index in [1.54, 1.807) is 0 Å². The van der Waals surface area contributed by atoms with Gasteiger partial charge in [-0.2, -0.15) is 0 Å². The molecule has 0 heteroatoms. The smallest absolute Gasteiger partial charge is 0.0227 e. The maximum atomic E-state index is 2.35. The first kappa shape index (κ1) is 10.3. The molecular weight excluding hydrogens is 156 g/mol. The fourth-order valence-electron chi connectivity index (χ4n) is 1.91. The molecule has 0 nitrogen and oxygen atoms in total. The van der Waals surface area contributed by atoms with Crippen LogP contribution in [0.25, 0.3) is 0 Å². The Hall–Kier alpha value is -0.780. The molecule has 0 aromatic heterocycles. The third kappa shape index (κ3) is 3.63. The Kier molecular flexibility index (Phi) is 3.53. The van der Waals surface area contributed by atoms with Crippen LogP contribution >= 0.6 is 0 Å². The summed E-state index contributed by atoms with van der Waals surface area (Å²) in [5.74, 6) is 0. The molecule has 13 heavy (non-hydrogen) atoms. The van der Waals surface area contributed by atoms with Gasteiger partial charge in [0.25, 0.3) is 0 Å². The zero-order valence-electron chi connectivity index (χ0n) is 9.01. The van der Waals surface area contributed by atoms with Gasteiger partial charge in [0, 0.05) is 0 Å². The van der Waals surface area contributed by atoms with Gasteiger partial charge in [0.2, 0.25) is 0 Å². The van der Waals surface area contributed by atoms with E-state index in [2.05, 4.69) is 51.1 Å². The lowest BCUT2D eigenvalue weighted by Crippen LogP contribution is -2.14. The van der Waals surface area contributed by atoms with Crippen LogP contribution in [0.1, 0.15) is 39.2 Å². The molecule has 1 aromatic carbocycles. The molecular formula is C13H20. The monoisotopic (exact) mass is 176 g/mol. The third-order valence-electron chi connectivity index (χ3n) is 2.45. The van der Waals surface area contributed by atoms with E-state index in [9.17, 15) is 0 Å². The Morgan fingerprint density at radius 1 is 1.08 bits per heavy atom. The van der Waals surface area contributed by atoms with E-state index >= 15 is 0 Å². The number of hydrogen-bond acceptors (Lipinski definition) is 0. The first-order valence-corrected chi connectivity index (χ1v) is 5.18. The van der Waals surface area contributed by atoms with Crippen LogP contribution in [0.15, 0.2) is 30.3 Å². The Balaban J connectivity index is 2.58. The van der Waals surface area contributed by atoms with Gasteiger partial charge in [0.15, 0.2) is 0 Å². The number of hydrogen-bond donors (Lipinski definition) is 0. The first-order chi connectivity index (χ1) is 6.14. The second-order valence-corrected chi connectivity index (χ2v) is 4.58. The van der Waals surface area contributed by atoms with Gasteiger partial charge >= 0.3 is 0 Å². The van der Waals surface area contributed by atoms with Gasteiger partial charge in [-0.1, -0.05) is 57.5 Å². The van der Waals surface area contributed by atoms with Crippen LogP contribution < -0.4 is 0 Å². The van der Waals surface area contributed by atoms with E-state index in [4.69, 9.17) is 0 Å². The van der Waals surface area contributed by atoms with Gasteiger partial charge < -0.3 is 0 Å². The first-order valence-electron chi connectivity index (χ1n) is 5.18. The minimum absolute atomic E-state index is 0.454. The van der Waals surface area contributed by atoms with Crippen LogP contribution in [0.3, 0.4) is 0 Å². The second-order valence-electron chi connectivity index (χ2n) is 4.58. The highest BCUT2D eigenvalue weighted by atomic mass is 14.2. The molecule has 0 heterocycles. The molecule has 0 bridgehead atoms. The maximum absolute atomic E-state index is 2.35. The van der Waals surface area contributed by atoms with Gasteiger partial charge in [-0.05, 0) is 23.8 Å². The molecule has 0 unspecified atom stereocenters. The van der Waals surface area contributed by atoms with Gasteiger partial charge in [0.1, 0.15) is 0 Å². The Morgan fingerprint density at radius 2 is 1.69 bits per heavy atom.